The first kappa shape index (κ1) is 20.6. The van der Waals surface area contributed by atoms with Gasteiger partial charge in [-0.3, -0.25) is 5.10 Å². The molecule has 1 fully saturated rings. The molecule has 30 heavy (non-hydrogen) atoms. The van der Waals surface area contributed by atoms with Crippen molar-refractivity contribution < 1.29 is 22.3 Å². The zero-order valence-electron chi connectivity index (χ0n) is 16.8. The first-order chi connectivity index (χ1) is 14.4. The van der Waals surface area contributed by atoms with E-state index in [-0.39, 0.29) is 12.4 Å². The second-order valence-corrected chi connectivity index (χ2v) is 7.92. The Morgan fingerprint density at radius 2 is 1.80 bits per heavy atom. The summed E-state index contributed by atoms with van der Waals surface area (Å²) in [5, 5.41) is 7.00. The van der Waals surface area contributed by atoms with Gasteiger partial charge in [-0.15, -0.1) is 5.10 Å². The Labute approximate surface area is 173 Å². The standard InChI is InChI=1S/C23H25F3N2O2/c1-2-15-3-5-16(6-4-15)17-7-9-18(10-8-17)20-13-22(28-27-20)29-14-19-11-12-21(30-19)23(24,25)26/h7-13,15-16H,2-6,14H2,1H3,(H,27,28). The van der Waals surface area contributed by atoms with Crippen LogP contribution in [0.25, 0.3) is 11.3 Å². The normalized spacial score (nSPS) is 19.7. The second kappa shape index (κ2) is 8.58. The van der Waals surface area contributed by atoms with Crippen LogP contribution in [-0.2, 0) is 12.8 Å². The molecule has 0 aliphatic heterocycles. The third-order valence-corrected chi connectivity index (χ3v) is 5.97. The van der Waals surface area contributed by atoms with Crippen LogP contribution >= 0.6 is 0 Å². The topological polar surface area (TPSA) is 51.1 Å². The molecule has 1 saturated carbocycles. The second-order valence-electron chi connectivity index (χ2n) is 7.92. The molecule has 0 bridgehead atoms. The fourth-order valence-electron chi connectivity index (χ4n) is 4.12. The van der Waals surface area contributed by atoms with Crippen molar-refractivity contribution in [2.45, 2.75) is 57.7 Å². The molecule has 1 aromatic carbocycles. The molecule has 4 nitrogen and oxygen atoms in total. The third-order valence-electron chi connectivity index (χ3n) is 5.97. The Hall–Kier alpha value is -2.70. The molecule has 0 spiro atoms. The molecule has 2 heterocycles. The Bertz CT molecular complexity index is 951. The van der Waals surface area contributed by atoms with Gasteiger partial charge in [0.25, 0.3) is 0 Å². The van der Waals surface area contributed by atoms with Crippen molar-refractivity contribution in [1.82, 2.24) is 10.2 Å². The highest BCUT2D eigenvalue weighted by Gasteiger charge is 2.34. The molecule has 1 aliphatic carbocycles. The minimum Gasteiger partial charge on any atom is -0.468 e. The average Bonchev–Trinajstić information content (AvgIpc) is 3.42. The van der Waals surface area contributed by atoms with Gasteiger partial charge in [-0.2, -0.15) is 13.2 Å². The molecule has 0 saturated heterocycles. The fourth-order valence-corrected chi connectivity index (χ4v) is 4.12. The maximum absolute atomic E-state index is 12.6. The monoisotopic (exact) mass is 418 g/mol. The molecular weight excluding hydrogens is 393 g/mol. The Morgan fingerprint density at radius 3 is 2.43 bits per heavy atom. The van der Waals surface area contributed by atoms with Gasteiger partial charge in [0.1, 0.15) is 12.4 Å². The molecule has 0 atom stereocenters. The number of nitrogens with zero attached hydrogens (tertiary/aromatic N) is 1. The molecule has 0 unspecified atom stereocenters. The first-order valence-corrected chi connectivity index (χ1v) is 10.4. The summed E-state index contributed by atoms with van der Waals surface area (Å²) in [6.07, 6.45) is 1.90. The molecule has 0 radical (unpaired) electrons. The van der Waals surface area contributed by atoms with Crippen molar-refractivity contribution in [3.05, 3.63) is 59.5 Å². The lowest BCUT2D eigenvalue weighted by Crippen LogP contribution is -2.12. The van der Waals surface area contributed by atoms with Crippen LogP contribution in [0.3, 0.4) is 0 Å². The van der Waals surface area contributed by atoms with Crippen LogP contribution in [-0.4, -0.2) is 10.2 Å². The highest BCUT2D eigenvalue weighted by atomic mass is 19.4. The Balaban J connectivity index is 1.35. The number of ether oxygens (including phenoxy) is 1. The highest BCUT2D eigenvalue weighted by Crippen LogP contribution is 2.37. The number of aromatic nitrogens is 2. The Kier molecular flexibility index (Phi) is 5.88. The van der Waals surface area contributed by atoms with Crippen LogP contribution in [0.1, 0.15) is 62.0 Å². The fraction of sp³-hybridized carbons (Fsp3) is 0.435. The molecular formula is C23H25F3N2O2. The van der Waals surface area contributed by atoms with Crippen LogP contribution in [0.15, 0.2) is 46.9 Å². The number of nitrogens with one attached hydrogen (secondary N) is 1. The van der Waals surface area contributed by atoms with E-state index in [1.807, 2.05) is 0 Å². The Morgan fingerprint density at radius 1 is 1.07 bits per heavy atom. The molecule has 4 rings (SSSR count). The zero-order chi connectivity index (χ0) is 21.1. The molecule has 1 N–H and O–H groups in total. The predicted molar refractivity (Wildman–Crippen MR) is 107 cm³/mol. The smallest absolute Gasteiger partial charge is 0.449 e. The maximum Gasteiger partial charge on any atom is 0.449 e. The number of alkyl halides is 3. The molecule has 3 aromatic rings. The number of hydrogen-bond acceptors (Lipinski definition) is 3. The molecule has 1 aliphatic rings. The number of H-pyrrole nitrogens is 1. The summed E-state index contributed by atoms with van der Waals surface area (Å²) in [5.74, 6) is 0.876. The summed E-state index contributed by atoms with van der Waals surface area (Å²) in [4.78, 5) is 0. The van der Waals surface area contributed by atoms with Gasteiger partial charge in [-0.05, 0) is 60.8 Å². The van der Waals surface area contributed by atoms with Gasteiger partial charge in [0, 0.05) is 6.07 Å². The third kappa shape index (κ3) is 4.71. The van der Waals surface area contributed by atoms with E-state index in [0.717, 1.165) is 23.2 Å². The van der Waals surface area contributed by atoms with Crippen molar-refractivity contribution >= 4 is 0 Å². The first-order valence-electron chi connectivity index (χ1n) is 10.4. The number of rotatable bonds is 6. The predicted octanol–water partition coefficient (Wildman–Crippen LogP) is 6.95. The number of hydrogen-bond donors (Lipinski definition) is 1. The summed E-state index contributed by atoms with van der Waals surface area (Å²) >= 11 is 0. The number of benzene rings is 1. The van der Waals surface area contributed by atoms with Crippen molar-refractivity contribution in [2.24, 2.45) is 5.92 Å². The largest absolute Gasteiger partial charge is 0.468 e. The molecule has 7 heteroatoms. The summed E-state index contributed by atoms with van der Waals surface area (Å²) in [5.41, 5.74) is 3.16. The van der Waals surface area contributed by atoms with E-state index < -0.39 is 11.9 Å². The number of aromatic amines is 1. The number of halogens is 3. The van der Waals surface area contributed by atoms with E-state index in [9.17, 15) is 13.2 Å². The summed E-state index contributed by atoms with van der Waals surface area (Å²) in [6.45, 7) is 2.15. The van der Waals surface area contributed by atoms with E-state index in [4.69, 9.17) is 9.15 Å². The van der Waals surface area contributed by atoms with Gasteiger partial charge < -0.3 is 9.15 Å². The van der Waals surface area contributed by atoms with E-state index >= 15 is 0 Å². The van der Waals surface area contributed by atoms with E-state index in [1.165, 1.54) is 43.7 Å². The summed E-state index contributed by atoms with van der Waals surface area (Å²) < 4.78 is 48.0. The SMILES string of the molecule is CCC1CCC(c2ccc(-c3cc(OCc4ccc(C(F)(F)F)o4)n[nH]3)cc2)CC1. The van der Waals surface area contributed by atoms with Crippen LogP contribution in [0.5, 0.6) is 5.88 Å². The summed E-state index contributed by atoms with van der Waals surface area (Å²) in [6, 6.07) is 12.4. The van der Waals surface area contributed by atoms with Crippen LogP contribution in [0, 0.1) is 5.92 Å². The van der Waals surface area contributed by atoms with Gasteiger partial charge in [0.15, 0.2) is 0 Å². The zero-order valence-corrected chi connectivity index (χ0v) is 16.8. The minimum atomic E-state index is -4.50. The van der Waals surface area contributed by atoms with Gasteiger partial charge in [0.05, 0.1) is 5.69 Å². The highest BCUT2D eigenvalue weighted by molar-refractivity contribution is 5.60. The van der Waals surface area contributed by atoms with Gasteiger partial charge in [0.2, 0.25) is 11.6 Å². The van der Waals surface area contributed by atoms with Crippen LogP contribution < -0.4 is 4.74 Å². The van der Waals surface area contributed by atoms with E-state index in [2.05, 4.69) is 41.4 Å². The van der Waals surface area contributed by atoms with Gasteiger partial charge in [-0.1, -0.05) is 37.6 Å². The van der Waals surface area contributed by atoms with Crippen molar-refractivity contribution in [2.75, 3.05) is 0 Å². The summed E-state index contributed by atoms with van der Waals surface area (Å²) in [7, 11) is 0. The lowest BCUT2D eigenvalue weighted by Gasteiger charge is -2.28. The van der Waals surface area contributed by atoms with Crippen LogP contribution in [0.2, 0.25) is 0 Å². The van der Waals surface area contributed by atoms with E-state index in [0.29, 0.717) is 11.8 Å². The quantitative estimate of drug-likeness (QED) is 0.471. The van der Waals surface area contributed by atoms with Crippen molar-refractivity contribution in [1.29, 1.82) is 0 Å². The molecule has 0 amide bonds. The minimum absolute atomic E-state index is 0.0917. The lowest BCUT2D eigenvalue weighted by atomic mass is 9.78. The number of furan rings is 1. The lowest BCUT2D eigenvalue weighted by molar-refractivity contribution is -0.153. The molecule has 2 aromatic heterocycles. The van der Waals surface area contributed by atoms with Crippen molar-refractivity contribution in [3.8, 4) is 17.1 Å². The van der Waals surface area contributed by atoms with E-state index in [1.54, 1.807) is 6.07 Å². The van der Waals surface area contributed by atoms with Crippen molar-refractivity contribution in [3.63, 3.8) is 0 Å². The van der Waals surface area contributed by atoms with Crippen LogP contribution in [0.4, 0.5) is 13.2 Å². The maximum atomic E-state index is 12.6. The molecule has 160 valence electrons. The average molecular weight is 418 g/mol. The van der Waals surface area contributed by atoms with Gasteiger partial charge in [-0.25, -0.2) is 0 Å². The van der Waals surface area contributed by atoms with Gasteiger partial charge >= 0.3 is 6.18 Å².